The molecule has 2 aromatic carbocycles. The van der Waals surface area contributed by atoms with E-state index in [9.17, 15) is 9.90 Å². The molecule has 11 heteroatoms. The minimum Gasteiger partial charge on any atom is -0.506 e. The number of aromatic hydroxyl groups is 1. The van der Waals surface area contributed by atoms with Crippen LogP contribution in [0.5, 0.6) is 5.75 Å². The number of carbonyl (C=O) groups is 1. The molecule has 0 saturated heterocycles. The topological polar surface area (TPSA) is 105 Å². The van der Waals surface area contributed by atoms with Crippen molar-refractivity contribution >= 4 is 46.9 Å². The van der Waals surface area contributed by atoms with Crippen molar-refractivity contribution in [3.05, 3.63) is 57.0 Å². The molecule has 0 aliphatic rings. The Morgan fingerprint density at radius 2 is 2.00 bits per heavy atom. The Kier molecular flexibility index (Phi) is 5.90. The summed E-state index contributed by atoms with van der Waals surface area (Å²) in [6, 6.07) is 9.87. The molecular formula is C16H11Cl3N6O2. The second-order valence-corrected chi connectivity index (χ2v) is 6.49. The number of nitrogens with zero attached hydrogens (tertiary/aromatic N) is 5. The smallest absolute Gasteiger partial charge is 0.263 e. The fourth-order valence-electron chi connectivity index (χ4n) is 2.08. The van der Waals surface area contributed by atoms with E-state index in [0.29, 0.717) is 21.4 Å². The number of tetrazole rings is 1. The molecule has 1 aromatic heterocycles. The molecular weight excluding hydrogens is 415 g/mol. The number of carbonyl (C=O) groups excluding carboxylic acids is 1. The van der Waals surface area contributed by atoms with Crippen LogP contribution in [0.1, 0.15) is 5.56 Å². The van der Waals surface area contributed by atoms with Crippen LogP contribution in [0.15, 0.2) is 41.5 Å². The average molecular weight is 426 g/mol. The van der Waals surface area contributed by atoms with E-state index < -0.39 is 5.91 Å². The molecule has 0 radical (unpaired) electrons. The van der Waals surface area contributed by atoms with Crippen LogP contribution < -0.4 is 5.43 Å². The number of rotatable bonds is 5. The van der Waals surface area contributed by atoms with Crippen molar-refractivity contribution in [2.75, 3.05) is 0 Å². The van der Waals surface area contributed by atoms with Crippen LogP contribution in [0.3, 0.4) is 0 Å². The molecule has 0 aliphatic carbocycles. The summed E-state index contributed by atoms with van der Waals surface area (Å²) in [5.41, 5.74) is 3.15. The third kappa shape index (κ3) is 4.73. The summed E-state index contributed by atoms with van der Waals surface area (Å²) >= 11 is 17.7. The zero-order valence-corrected chi connectivity index (χ0v) is 15.7. The van der Waals surface area contributed by atoms with Crippen LogP contribution in [0, 0.1) is 0 Å². The van der Waals surface area contributed by atoms with Gasteiger partial charge in [0.05, 0.1) is 16.3 Å². The number of hydrogen-bond acceptors (Lipinski definition) is 6. The van der Waals surface area contributed by atoms with Crippen LogP contribution in [0.25, 0.3) is 11.4 Å². The zero-order valence-electron chi connectivity index (χ0n) is 13.5. The first kappa shape index (κ1) is 19.1. The summed E-state index contributed by atoms with van der Waals surface area (Å²) in [6.45, 7) is -0.211. The Morgan fingerprint density at radius 3 is 2.78 bits per heavy atom. The molecule has 1 amide bonds. The van der Waals surface area contributed by atoms with Gasteiger partial charge in [-0.2, -0.15) is 9.90 Å². The van der Waals surface area contributed by atoms with Crippen molar-refractivity contribution in [2.24, 2.45) is 5.10 Å². The van der Waals surface area contributed by atoms with Crippen molar-refractivity contribution in [2.45, 2.75) is 6.54 Å². The Labute approximate surface area is 168 Å². The molecule has 0 saturated carbocycles. The van der Waals surface area contributed by atoms with Gasteiger partial charge in [-0.15, -0.1) is 10.2 Å². The predicted molar refractivity (Wildman–Crippen MR) is 102 cm³/mol. The van der Waals surface area contributed by atoms with Gasteiger partial charge in [0.1, 0.15) is 12.3 Å². The normalized spacial score (nSPS) is 11.1. The van der Waals surface area contributed by atoms with E-state index in [4.69, 9.17) is 34.8 Å². The maximum absolute atomic E-state index is 11.9. The number of hydrazone groups is 1. The van der Waals surface area contributed by atoms with Crippen molar-refractivity contribution in [3.63, 3.8) is 0 Å². The third-order valence-corrected chi connectivity index (χ3v) is 4.14. The number of nitrogens with one attached hydrogen (secondary N) is 1. The highest BCUT2D eigenvalue weighted by Crippen LogP contribution is 2.29. The van der Waals surface area contributed by atoms with Gasteiger partial charge in [-0.3, -0.25) is 4.79 Å². The van der Waals surface area contributed by atoms with Crippen molar-refractivity contribution < 1.29 is 9.90 Å². The molecule has 0 aliphatic heterocycles. The molecule has 1 heterocycles. The number of phenolic OH excluding ortho intramolecular Hbond substituents is 1. The Hall–Kier alpha value is -2.68. The van der Waals surface area contributed by atoms with Gasteiger partial charge in [0.2, 0.25) is 5.82 Å². The molecule has 0 spiro atoms. The lowest BCUT2D eigenvalue weighted by atomic mass is 10.2. The summed E-state index contributed by atoms with van der Waals surface area (Å²) in [4.78, 5) is 13.0. The summed E-state index contributed by atoms with van der Waals surface area (Å²) in [6.07, 6.45) is 1.22. The van der Waals surface area contributed by atoms with Gasteiger partial charge in [0, 0.05) is 16.1 Å². The highest BCUT2D eigenvalue weighted by atomic mass is 35.5. The van der Waals surface area contributed by atoms with Gasteiger partial charge < -0.3 is 5.11 Å². The van der Waals surface area contributed by atoms with Gasteiger partial charge >= 0.3 is 0 Å². The zero-order chi connectivity index (χ0) is 19.4. The number of phenols is 1. The van der Waals surface area contributed by atoms with E-state index in [1.54, 1.807) is 24.3 Å². The minimum absolute atomic E-state index is 0.0780. The summed E-state index contributed by atoms with van der Waals surface area (Å²) in [7, 11) is 0. The number of halogens is 3. The lowest BCUT2D eigenvalue weighted by Gasteiger charge is -2.02. The van der Waals surface area contributed by atoms with Gasteiger partial charge in [-0.25, -0.2) is 5.43 Å². The predicted octanol–water partition coefficient (Wildman–Crippen LogP) is 3.16. The summed E-state index contributed by atoms with van der Waals surface area (Å²) in [5.74, 6) is -0.390. The van der Waals surface area contributed by atoms with Gasteiger partial charge in [0.25, 0.3) is 5.91 Å². The SMILES string of the molecule is O=C(Cn1nnc(-c2ccccc2Cl)n1)N/N=C\c1cc(Cl)cc(Cl)c1O. The fourth-order valence-corrected chi connectivity index (χ4v) is 2.81. The quantitative estimate of drug-likeness (QED) is 0.482. The van der Waals surface area contributed by atoms with Gasteiger partial charge in [-0.05, 0) is 29.5 Å². The van der Waals surface area contributed by atoms with Crippen LogP contribution in [0.2, 0.25) is 15.1 Å². The van der Waals surface area contributed by atoms with Gasteiger partial charge in [0.15, 0.2) is 0 Å². The Morgan fingerprint density at radius 1 is 1.22 bits per heavy atom. The van der Waals surface area contributed by atoms with E-state index in [0.717, 1.165) is 4.80 Å². The molecule has 0 unspecified atom stereocenters. The van der Waals surface area contributed by atoms with E-state index in [-0.39, 0.29) is 22.9 Å². The number of benzene rings is 2. The van der Waals surface area contributed by atoms with Gasteiger partial charge in [-0.1, -0.05) is 46.9 Å². The molecule has 3 rings (SSSR count). The standard InChI is InChI=1S/C16H11Cl3N6O2/c17-10-5-9(15(27)13(19)6-10)7-20-21-14(26)8-25-23-16(22-24-25)11-3-1-2-4-12(11)18/h1-7,27H,8H2,(H,21,26)/b20-7-. The maximum atomic E-state index is 11.9. The summed E-state index contributed by atoms with van der Waals surface area (Å²) in [5, 5.41) is 26.2. The average Bonchev–Trinajstić information content (AvgIpc) is 3.07. The molecule has 8 nitrogen and oxygen atoms in total. The number of hydrogen-bond donors (Lipinski definition) is 2. The first-order valence-corrected chi connectivity index (χ1v) is 8.60. The molecule has 0 atom stereocenters. The first-order chi connectivity index (χ1) is 12.9. The first-order valence-electron chi connectivity index (χ1n) is 7.46. The minimum atomic E-state index is -0.498. The molecule has 2 N–H and O–H groups in total. The highest BCUT2D eigenvalue weighted by Gasteiger charge is 2.11. The molecule has 0 bridgehead atoms. The highest BCUT2D eigenvalue weighted by molar-refractivity contribution is 6.36. The van der Waals surface area contributed by atoms with Crippen LogP contribution >= 0.6 is 34.8 Å². The lowest BCUT2D eigenvalue weighted by molar-refractivity contribution is -0.122. The van der Waals surface area contributed by atoms with E-state index in [1.165, 1.54) is 18.3 Å². The van der Waals surface area contributed by atoms with Crippen molar-refractivity contribution in [1.29, 1.82) is 0 Å². The Bertz CT molecular complexity index is 1020. The van der Waals surface area contributed by atoms with E-state index in [1.807, 2.05) is 0 Å². The fraction of sp³-hybridized carbons (Fsp3) is 0.0625. The summed E-state index contributed by atoms with van der Waals surface area (Å²) < 4.78 is 0. The van der Waals surface area contributed by atoms with Crippen molar-refractivity contribution in [3.8, 4) is 17.1 Å². The monoisotopic (exact) mass is 424 g/mol. The van der Waals surface area contributed by atoms with E-state index in [2.05, 4.69) is 25.9 Å². The van der Waals surface area contributed by atoms with Crippen LogP contribution in [-0.4, -0.2) is 37.4 Å². The second kappa shape index (κ2) is 8.34. The largest absolute Gasteiger partial charge is 0.506 e. The molecule has 27 heavy (non-hydrogen) atoms. The van der Waals surface area contributed by atoms with Crippen molar-refractivity contribution in [1.82, 2.24) is 25.6 Å². The van der Waals surface area contributed by atoms with E-state index >= 15 is 0 Å². The Balaban J connectivity index is 1.63. The number of amides is 1. The van der Waals surface area contributed by atoms with Crippen LogP contribution in [-0.2, 0) is 11.3 Å². The molecule has 3 aromatic rings. The van der Waals surface area contributed by atoms with Crippen LogP contribution in [0.4, 0.5) is 0 Å². The molecule has 0 fully saturated rings. The maximum Gasteiger partial charge on any atom is 0.263 e. The lowest BCUT2D eigenvalue weighted by Crippen LogP contribution is -2.24. The molecule has 138 valence electrons. The second-order valence-electron chi connectivity index (χ2n) is 5.24. The third-order valence-electron chi connectivity index (χ3n) is 3.30. The number of aromatic nitrogens is 4.